The van der Waals surface area contributed by atoms with E-state index in [9.17, 15) is 18.8 Å². The lowest BCUT2D eigenvalue weighted by Crippen LogP contribution is -2.49. The number of rotatable bonds is 5. The highest BCUT2D eigenvalue weighted by atomic mass is 19.1. The van der Waals surface area contributed by atoms with Crippen LogP contribution < -0.4 is 5.32 Å². The zero-order chi connectivity index (χ0) is 22.2. The van der Waals surface area contributed by atoms with E-state index in [-0.39, 0.29) is 19.0 Å². The van der Waals surface area contributed by atoms with Crippen molar-refractivity contribution < 1.29 is 18.8 Å². The first kappa shape index (κ1) is 21.0. The Hall–Kier alpha value is -3.23. The number of halogens is 1. The zero-order valence-corrected chi connectivity index (χ0v) is 17.7. The molecule has 1 saturated heterocycles. The summed E-state index contributed by atoms with van der Waals surface area (Å²) < 4.78 is 16.2. The van der Waals surface area contributed by atoms with E-state index < -0.39 is 23.3 Å². The average Bonchev–Trinajstić information content (AvgIpc) is 3.26. The lowest BCUT2D eigenvalue weighted by atomic mass is 9.81. The van der Waals surface area contributed by atoms with Gasteiger partial charge < -0.3 is 14.8 Å². The molecule has 1 aliphatic carbocycles. The first-order valence-electron chi connectivity index (χ1n) is 10.5. The SMILES string of the molecule is Cc1nccn1-c1ccc(CNC(=O)CN2C(=O)N(C)C3(CCCCC3)C2=O)cc1F. The lowest BCUT2D eigenvalue weighted by Gasteiger charge is -2.35. The predicted octanol–water partition coefficient (Wildman–Crippen LogP) is 2.53. The second-order valence-electron chi connectivity index (χ2n) is 8.23. The maximum Gasteiger partial charge on any atom is 0.327 e. The summed E-state index contributed by atoms with van der Waals surface area (Å²) in [6, 6.07) is 4.26. The van der Waals surface area contributed by atoms with Crippen LogP contribution >= 0.6 is 0 Å². The van der Waals surface area contributed by atoms with Gasteiger partial charge in [0.25, 0.3) is 5.91 Å². The second kappa shape index (κ2) is 8.13. The summed E-state index contributed by atoms with van der Waals surface area (Å²) in [5, 5.41) is 2.68. The third kappa shape index (κ3) is 3.68. The maximum absolute atomic E-state index is 14.5. The molecule has 2 heterocycles. The molecule has 2 fully saturated rings. The Morgan fingerprint density at radius 1 is 1.23 bits per heavy atom. The summed E-state index contributed by atoms with van der Waals surface area (Å²) in [6.07, 6.45) is 7.37. The molecule has 1 aromatic heterocycles. The van der Waals surface area contributed by atoms with Gasteiger partial charge in [0, 0.05) is 26.0 Å². The monoisotopic (exact) mass is 427 g/mol. The van der Waals surface area contributed by atoms with Crippen LogP contribution in [0.2, 0.25) is 0 Å². The van der Waals surface area contributed by atoms with Gasteiger partial charge in [-0.25, -0.2) is 14.2 Å². The zero-order valence-electron chi connectivity index (χ0n) is 17.7. The summed E-state index contributed by atoms with van der Waals surface area (Å²) in [7, 11) is 1.63. The molecule has 0 radical (unpaired) electrons. The number of aryl methyl sites for hydroxylation is 1. The standard InChI is InChI=1S/C22H26FN5O3/c1-15-24-10-11-27(15)18-7-6-16(12-17(18)23)13-25-19(29)14-28-20(30)22(26(2)21(28)31)8-4-3-5-9-22/h6-7,10-12H,3-5,8-9,13-14H2,1-2H3,(H,25,29). The van der Waals surface area contributed by atoms with Crippen molar-refractivity contribution in [3.8, 4) is 5.69 Å². The first-order valence-corrected chi connectivity index (χ1v) is 10.5. The highest BCUT2D eigenvalue weighted by molar-refractivity contribution is 6.08. The van der Waals surface area contributed by atoms with E-state index >= 15 is 0 Å². The topological polar surface area (TPSA) is 87.5 Å². The van der Waals surface area contributed by atoms with Gasteiger partial charge in [0.05, 0.1) is 5.69 Å². The molecule has 31 heavy (non-hydrogen) atoms. The number of aromatic nitrogens is 2. The van der Waals surface area contributed by atoms with Gasteiger partial charge >= 0.3 is 6.03 Å². The highest BCUT2D eigenvalue weighted by Gasteiger charge is 2.55. The van der Waals surface area contributed by atoms with Crippen molar-refractivity contribution in [2.24, 2.45) is 0 Å². The van der Waals surface area contributed by atoms with E-state index in [1.54, 1.807) is 43.1 Å². The van der Waals surface area contributed by atoms with Crippen molar-refractivity contribution in [2.45, 2.75) is 51.1 Å². The number of carbonyl (C=O) groups excluding carboxylic acids is 3. The molecule has 4 amide bonds. The van der Waals surface area contributed by atoms with Gasteiger partial charge in [-0.05, 0) is 37.5 Å². The minimum absolute atomic E-state index is 0.0934. The highest BCUT2D eigenvalue weighted by Crippen LogP contribution is 2.39. The van der Waals surface area contributed by atoms with Gasteiger partial charge in [-0.2, -0.15) is 0 Å². The minimum atomic E-state index is -0.806. The van der Waals surface area contributed by atoms with Gasteiger partial charge in [-0.1, -0.05) is 25.3 Å². The van der Waals surface area contributed by atoms with Gasteiger partial charge in [0.2, 0.25) is 5.91 Å². The smallest absolute Gasteiger partial charge is 0.327 e. The molecule has 0 atom stereocenters. The lowest BCUT2D eigenvalue weighted by molar-refractivity contribution is -0.137. The number of imide groups is 1. The maximum atomic E-state index is 14.5. The Bertz CT molecular complexity index is 1030. The molecule has 0 bridgehead atoms. The van der Waals surface area contributed by atoms with E-state index in [4.69, 9.17) is 0 Å². The summed E-state index contributed by atoms with van der Waals surface area (Å²) >= 11 is 0. The number of imidazole rings is 1. The Morgan fingerprint density at radius 2 is 1.97 bits per heavy atom. The molecule has 2 aromatic rings. The van der Waals surface area contributed by atoms with Crippen molar-refractivity contribution in [2.75, 3.05) is 13.6 Å². The van der Waals surface area contributed by atoms with Gasteiger partial charge in [0.15, 0.2) is 0 Å². The fourth-order valence-electron chi connectivity index (χ4n) is 4.56. The van der Waals surface area contributed by atoms with Gasteiger partial charge in [-0.3, -0.25) is 14.5 Å². The van der Waals surface area contributed by atoms with Crippen molar-refractivity contribution in [3.63, 3.8) is 0 Å². The average molecular weight is 427 g/mol. The van der Waals surface area contributed by atoms with Gasteiger partial charge in [-0.15, -0.1) is 0 Å². The van der Waals surface area contributed by atoms with Gasteiger partial charge in [0.1, 0.15) is 23.7 Å². The molecule has 9 heteroatoms. The second-order valence-corrected chi connectivity index (χ2v) is 8.23. The Labute approximate surface area is 180 Å². The van der Waals surface area contributed by atoms with Crippen molar-refractivity contribution in [3.05, 3.63) is 47.8 Å². The number of urea groups is 1. The summed E-state index contributed by atoms with van der Waals surface area (Å²) in [4.78, 5) is 44.6. The number of hydrogen-bond donors (Lipinski definition) is 1. The number of hydrogen-bond acceptors (Lipinski definition) is 4. The largest absolute Gasteiger partial charge is 0.350 e. The predicted molar refractivity (Wildman–Crippen MR) is 111 cm³/mol. The Balaban J connectivity index is 1.38. The summed E-state index contributed by atoms with van der Waals surface area (Å²) in [5.74, 6) is -0.516. The van der Waals surface area contributed by atoms with Crippen LogP contribution in [-0.2, 0) is 16.1 Å². The molecule has 164 valence electrons. The molecule has 0 unspecified atom stereocenters. The fourth-order valence-corrected chi connectivity index (χ4v) is 4.56. The first-order chi connectivity index (χ1) is 14.8. The van der Waals surface area contributed by atoms with Crippen LogP contribution in [0.5, 0.6) is 0 Å². The normalized spacial score (nSPS) is 18.2. The summed E-state index contributed by atoms with van der Waals surface area (Å²) in [6.45, 7) is 1.54. The van der Waals surface area contributed by atoms with E-state index in [1.165, 1.54) is 11.0 Å². The molecule has 1 aliphatic heterocycles. The van der Waals surface area contributed by atoms with Crippen LogP contribution in [0.15, 0.2) is 30.6 Å². The van der Waals surface area contributed by atoms with Crippen molar-refractivity contribution in [1.29, 1.82) is 0 Å². The van der Waals surface area contributed by atoms with E-state index in [0.717, 1.165) is 24.2 Å². The summed E-state index contributed by atoms with van der Waals surface area (Å²) in [5.41, 5.74) is 0.145. The number of nitrogens with zero attached hydrogens (tertiary/aromatic N) is 4. The van der Waals surface area contributed by atoms with Crippen molar-refractivity contribution in [1.82, 2.24) is 24.7 Å². The molecule has 4 rings (SSSR count). The number of likely N-dealkylation sites (N-methyl/N-ethyl adjacent to an activating group) is 1. The number of nitrogens with one attached hydrogen (secondary N) is 1. The molecular weight excluding hydrogens is 401 g/mol. The molecule has 1 spiro atoms. The molecule has 8 nitrogen and oxygen atoms in total. The number of benzene rings is 1. The number of carbonyl (C=O) groups is 3. The third-order valence-corrected chi connectivity index (χ3v) is 6.37. The molecular formula is C22H26FN5O3. The quantitative estimate of drug-likeness (QED) is 0.743. The Morgan fingerprint density at radius 3 is 2.61 bits per heavy atom. The third-order valence-electron chi connectivity index (χ3n) is 6.37. The molecule has 1 aromatic carbocycles. The van der Waals surface area contributed by atoms with Crippen LogP contribution in [0.4, 0.5) is 9.18 Å². The van der Waals surface area contributed by atoms with E-state index in [0.29, 0.717) is 29.9 Å². The van der Waals surface area contributed by atoms with Crippen LogP contribution in [0.25, 0.3) is 5.69 Å². The fraction of sp³-hybridized carbons (Fsp3) is 0.455. The van der Waals surface area contributed by atoms with E-state index in [2.05, 4.69) is 10.3 Å². The molecule has 1 N–H and O–H groups in total. The van der Waals surface area contributed by atoms with E-state index in [1.807, 2.05) is 0 Å². The van der Waals surface area contributed by atoms with Crippen molar-refractivity contribution >= 4 is 17.8 Å². The van der Waals surface area contributed by atoms with Crippen LogP contribution in [-0.4, -0.2) is 56.3 Å². The Kier molecular flexibility index (Phi) is 5.51. The van der Waals surface area contributed by atoms with Crippen LogP contribution in [0, 0.1) is 12.7 Å². The molecule has 2 aliphatic rings. The minimum Gasteiger partial charge on any atom is -0.350 e. The van der Waals surface area contributed by atoms with Crippen LogP contribution in [0.3, 0.4) is 0 Å². The number of amides is 4. The van der Waals surface area contributed by atoms with Crippen LogP contribution in [0.1, 0.15) is 43.5 Å². The molecule has 1 saturated carbocycles.